The molecule has 2 aromatic rings. The van der Waals surface area contributed by atoms with E-state index >= 15 is 0 Å². The average molecular weight is 498 g/mol. The van der Waals surface area contributed by atoms with Crippen molar-refractivity contribution < 1.29 is 33.3 Å². The smallest absolute Gasteiger partial charge is 0.407 e. The molecule has 194 valence electrons. The summed E-state index contributed by atoms with van der Waals surface area (Å²) < 4.78 is 26.7. The molecule has 1 amide bonds. The first-order valence-electron chi connectivity index (χ1n) is 12.2. The van der Waals surface area contributed by atoms with Gasteiger partial charge in [0.05, 0.1) is 33.0 Å². The molecular weight excluding hydrogens is 462 g/mol. The predicted molar refractivity (Wildman–Crippen MR) is 136 cm³/mol. The Labute approximate surface area is 212 Å². The van der Waals surface area contributed by atoms with Gasteiger partial charge in [0.1, 0.15) is 13.2 Å². The second-order valence-corrected chi connectivity index (χ2v) is 8.36. The quantitative estimate of drug-likeness (QED) is 0.212. The largest absolute Gasteiger partial charge is 0.460 e. The van der Waals surface area contributed by atoms with Gasteiger partial charge in [0.25, 0.3) is 0 Å². The maximum Gasteiger partial charge on any atom is 0.407 e. The minimum absolute atomic E-state index is 0.0518. The van der Waals surface area contributed by atoms with Crippen molar-refractivity contribution in [2.24, 2.45) is 0 Å². The number of esters is 1. The SMILES string of the molecule is C=C(C)C(=O)OCCOCCOCCOCCCNC(=O)OCC1c2ccccc2-c2ccccc21. The number of rotatable bonds is 16. The summed E-state index contributed by atoms with van der Waals surface area (Å²) in [6.07, 6.45) is 0.255. The van der Waals surface area contributed by atoms with Crippen LogP contribution >= 0.6 is 0 Å². The molecule has 1 aliphatic rings. The third-order valence-corrected chi connectivity index (χ3v) is 5.63. The summed E-state index contributed by atoms with van der Waals surface area (Å²) in [6, 6.07) is 16.5. The van der Waals surface area contributed by atoms with Gasteiger partial charge in [-0.2, -0.15) is 0 Å². The molecule has 0 unspecified atom stereocenters. The molecule has 3 rings (SSSR count). The van der Waals surface area contributed by atoms with E-state index in [1.807, 2.05) is 24.3 Å². The number of nitrogens with one attached hydrogen (secondary N) is 1. The normalized spacial score (nSPS) is 12.0. The number of amides is 1. The van der Waals surface area contributed by atoms with E-state index in [1.165, 1.54) is 22.3 Å². The standard InChI is InChI=1S/C28H35NO7/c1-21(2)27(30)35-19-18-34-17-16-33-15-14-32-13-7-12-29-28(31)36-20-26-24-10-5-3-8-22(24)23-9-4-6-11-25(23)26/h3-6,8-11,26H,1,7,12-20H2,2H3,(H,29,31). The Morgan fingerprint density at radius 3 is 1.89 bits per heavy atom. The van der Waals surface area contributed by atoms with E-state index < -0.39 is 12.1 Å². The van der Waals surface area contributed by atoms with E-state index in [-0.39, 0.29) is 12.5 Å². The molecule has 1 N–H and O–H groups in total. The third-order valence-electron chi connectivity index (χ3n) is 5.63. The summed E-state index contributed by atoms with van der Waals surface area (Å²) in [4.78, 5) is 23.3. The molecule has 36 heavy (non-hydrogen) atoms. The van der Waals surface area contributed by atoms with Crippen LogP contribution in [-0.4, -0.2) is 71.5 Å². The molecule has 0 saturated heterocycles. The second-order valence-electron chi connectivity index (χ2n) is 8.36. The molecule has 1 aliphatic carbocycles. The van der Waals surface area contributed by atoms with E-state index in [0.717, 1.165) is 0 Å². The van der Waals surface area contributed by atoms with Gasteiger partial charge in [0.2, 0.25) is 0 Å². The highest BCUT2D eigenvalue weighted by molar-refractivity contribution is 5.86. The lowest BCUT2D eigenvalue weighted by Crippen LogP contribution is -2.27. The Kier molecular flexibility index (Phi) is 11.4. The van der Waals surface area contributed by atoms with Crippen molar-refractivity contribution in [3.63, 3.8) is 0 Å². The van der Waals surface area contributed by atoms with Crippen LogP contribution in [0.5, 0.6) is 0 Å². The monoisotopic (exact) mass is 497 g/mol. The van der Waals surface area contributed by atoms with Gasteiger partial charge in [0.15, 0.2) is 0 Å². The molecule has 0 atom stereocenters. The highest BCUT2D eigenvalue weighted by Crippen LogP contribution is 2.44. The van der Waals surface area contributed by atoms with Gasteiger partial charge >= 0.3 is 12.1 Å². The average Bonchev–Trinajstić information content (AvgIpc) is 3.21. The molecule has 0 saturated carbocycles. The first kappa shape index (κ1) is 27.4. The minimum atomic E-state index is -0.422. The highest BCUT2D eigenvalue weighted by atomic mass is 16.6. The lowest BCUT2D eigenvalue weighted by Gasteiger charge is -2.14. The molecule has 8 nitrogen and oxygen atoms in total. The maximum absolute atomic E-state index is 12.2. The van der Waals surface area contributed by atoms with Crippen molar-refractivity contribution in [3.8, 4) is 11.1 Å². The summed E-state index contributed by atoms with van der Waals surface area (Å²) in [7, 11) is 0. The summed E-state index contributed by atoms with van der Waals surface area (Å²) in [6.45, 7) is 8.65. The van der Waals surface area contributed by atoms with E-state index in [4.69, 9.17) is 23.7 Å². The van der Waals surface area contributed by atoms with E-state index in [1.54, 1.807) is 6.92 Å². The van der Waals surface area contributed by atoms with Crippen molar-refractivity contribution in [3.05, 3.63) is 71.8 Å². The van der Waals surface area contributed by atoms with E-state index in [9.17, 15) is 9.59 Å². The number of carbonyl (C=O) groups excluding carboxylic acids is 2. The summed E-state index contributed by atoms with van der Waals surface area (Å²) in [5.74, 6) is -0.364. The van der Waals surface area contributed by atoms with Crippen LogP contribution < -0.4 is 5.32 Å². The van der Waals surface area contributed by atoms with Crippen molar-refractivity contribution in [2.45, 2.75) is 19.3 Å². The second kappa shape index (κ2) is 15.0. The van der Waals surface area contributed by atoms with Crippen LogP contribution in [-0.2, 0) is 28.5 Å². The molecular formula is C28H35NO7. The van der Waals surface area contributed by atoms with Gasteiger partial charge in [-0.15, -0.1) is 0 Å². The number of ether oxygens (including phenoxy) is 5. The van der Waals surface area contributed by atoms with Crippen LogP contribution in [0.15, 0.2) is 60.7 Å². The Hall–Kier alpha value is -3.20. The summed E-state index contributed by atoms with van der Waals surface area (Å²) in [5, 5.41) is 2.78. The topological polar surface area (TPSA) is 92.3 Å². The van der Waals surface area contributed by atoms with Gasteiger partial charge < -0.3 is 29.0 Å². The van der Waals surface area contributed by atoms with Crippen molar-refractivity contribution in [2.75, 3.05) is 59.4 Å². The fourth-order valence-corrected chi connectivity index (χ4v) is 3.87. The minimum Gasteiger partial charge on any atom is -0.460 e. The fraction of sp³-hybridized carbons (Fsp3) is 0.429. The van der Waals surface area contributed by atoms with Gasteiger partial charge in [-0.1, -0.05) is 55.1 Å². The lowest BCUT2D eigenvalue weighted by atomic mass is 9.98. The Bertz CT molecular complexity index is 961. The predicted octanol–water partition coefficient (Wildman–Crippen LogP) is 4.08. The van der Waals surface area contributed by atoms with Crippen molar-refractivity contribution >= 4 is 12.1 Å². The number of carbonyl (C=O) groups is 2. The number of hydrogen-bond donors (Lipinski definition) is 1. The zero-order valence-corrected chi connectivity index (χ0v) is 20.8. The molecule has 8 heteroatoms. The molecule has 0 aromatic heterocycles. The Balaban J connectivity index is 1.16. The maximum atomic E-state index is 12.2. The first-order chi connectivity index (χ1) is 17.6. The number of benzene rings is 2. The molecule has 0 radical (unpaired) electrons. The third kappa shape index (κ3) is 8.48. The van der Waals surface area contributed by atoms with Crippen LogP contribution in [0.4, 0.5) is 4.79 Å². The molecule has 0 heterocycles. The highest BCUT2D eigenvalue weighted by Gasteiger charge is 2.28. The Morgan fingerprint density at radius 1 is 0.778 bits per heavy atom. The van der Waals surface area contributed by atoms with Crippen LogP contribution in [0, 0.1) is 0 Å². The zero-order chi connectivity index (χ0) is 25.6. The van der Waals surface area contributed by atoms with Crippen LogP contribution in [0.1, 0.15) is 30.4 Å². The van der Waals surface area contributed by atoms with Gasteiger partial charge in [0, 0.05) is 24.6 Å². The molecule has 2 aromatic carbocycles. The molecule has 0 aliphatic heterocycles. The Morgan fingerprint density at radius 2 is 1.31 bits per heavy atom. The van der Waals surface area contributed by atoms with E-state index in [0.29, 0.717) is 64.8 Å². The number of alkyl carbamates (subject to hydrolysis) is 1. The zero-order valence-electron chi connectivity index (χ0n) is 20.8. The summed E-state index contributed by atoms with van der Waals surface area (Å²) in [5.41, 5.74) is 5.16. The lowest BCUT2D eigenvalue weighted by molar-refractivity contribution is -0.140. The van der Waals surface area contributed by atoms with Gasteiger partial charge in [-0.25, -0.2) is 9.59 Å². The summed E-state index contributed by atoms with van der Waals surface area (Å²) >= 11 is 0. The fourth-order valence-electron chi connectivity index (χ4n) is 3.87. The first-order valence-corrected chi connectivity index (χ1v) is 12.2. The molecule has 0 spiro atoms. The van der Waals surface area contributed by atoms with Gasteiger partial charge in [-0.05, 0) is 35.6 Å². The number of fused-ring (bicyclic) bond motifs is 3. The van der Waals surface area contributed by atoms with E-state index in [2.05, 4.69) is 36.2 Å². The van der Waals surface area contributed by atoms with Crippen LogP contribution in [0.2, 0.25) is 0 Å². The van der Waals surface area contributed by atoms with Crippen LogP contribution in [0.3, 0.4) is 0 Å². The molecule has 0 fully saturated rings. The van der Waals surface area contributed by atoms with Gasteiger partial charge in [-0.3, -0.25) is 0 Å². The number of hydrogen-bond acceptors (Lipinski definition) is 7. The van der Waals surface area contributed by atoms with Crippen molar-refractivity contribution in [1.82, 2.24) is 5.32 Å². The van der Waals surface area contributed by atoms with Crippen molar-refractivity contribution in [1.29, 1.82) is 0 Å². The molecule has 0 bridgehead atoms. The van der Waals surface area contributed by atoms with Crippen LogP contribution in [0.25, 0.3) is 11.1 Å².